The molecule has 2 rings (SSSR count). The van der Waals surface area contributed by atoms with Gasteiger partial charge in [-0.2, -0.15) is 0 Å². The maximum absolute atomic E-state index is 12.5. The standard InChI is InChI=1S/C24H30O4/c1-5-9-19-16-20(24(28-8-4)17-23(19)27-7-3)12-15-22(25)18-10-13-21(14-11-18)26-6-2/h10-17H,5-9H2,1-4H3/b15-12+. The zero-order chi connectivity index (χ0) is 20.4. The fraction of sp³-hybridized carbons (Fsp3) is 0.375. The average Bonchev–Trinajstić information content (AvgIpc) is 2.70. The minimum atomic E-state index is -0.0589. The molecule has 0 unspecified atom stereocenters. The lowest BCUT2D eigenvalue weighted by Crippen LogP contribution is -2.01. The summed E-state index contributed by atoms with van der Waals surface area (Å²) in [7, 11) is 0. The third-order valence-corrected chi connectivity index (χ3v) is 4.18. The molecule has 28 heavy (non-hydrogen) atoms. The van der Waals surface area contributed by atoms with Crippen molar-refractivity contribution in [2.45, 2.75) is 40.5 Å². The van der Waals surface area contributed by atoms with E-state index in [1.807, 2.05) is 45.0 Å². The number of carbonyl (C=O) groups is 1. The second kappa shape index (κ2) is 11.2. The van der Waals surface area contributed by atoms with Crippen LogP contribution >= 0.6 is 0 Å². The van der Waals surface area contributed by atoms with Crippen molar-refractivity contribution in [3.05, 3.63) is 59.2 Å². The normalized spacial score (nSPS) is 10.9. The second-order valence-electron chi connectivity index (χ2n) is 6.27. The molecule has 4 heteroatoms. The van der Waals surface area contributed by atoms with Crippen molar-refractivity contribution in [2.75, 3.05) is 19.8 Å². The Morgan fingerprint density at radius 3 is 2.11 bits per heavy atom. The predicted molar refractivity (Wildman–Crippen MR) is 114 cm³/mol. The Bertz CT molecular complexity index is 791. The van der Waals surface area contributed by atoms with Crippen molar-refractivity contribution in [3.63, 3.8) is 0 Å². The fourth-order valence-electron chi connectivity index (χ4n) is 2.93. The minimum Gasteiger partial charge on any atom is -0.494 e. The van der Waals surface area contributed by atoms with Crippen LogP contribution in [0.15, 0.2) is 42.5 Å². The number of hydrogen-bond acceptors (Lipinski definition) is 4. The van der Waals surface area contributed by atoms with Crippen molar-refractivity contribution >= 4 is 11.9 Å². The molecule has 0 spiro atoms. The first kappa shape index (κ1) is 21.5. The van der Waals surface area contributed by atoms with Crippen LogP contribution in [-0.2, 0) is 6.42 Å². The summed E-state index contributed by atoms with van der Waals surface area (Å²) in [5.74, 6) is 2.28. The topological polar surface area (TPSA) is 44.8 Å². The van der Waals surface area contributed by atoms with Crippen LogP contribution < -0.4 is 14.2 Å². The highest BCUT2D eigenvalue weighted by Gasteiger charge is 2.11. The lowest BCUT2D eigenvalue weighted by molar-refractivity contribution is 0.104. The summed E-state index contributed by atoms with van der Waals surface area (Å²) < 4.78 is 17.0. The molecular weight excluding hydrogens is 352 g/mol. The summed E-state index contributed by atoms with van der Waals surface area (Å²) in [5.41, 5.74) is 2.63. The summed E-state index contributed by atoms with van der Waals surface area (Å²) in [4.78, 5) is 12.5. The van der Waals surface area contributed by atoms with Crippen LogP contribution in [0.25, 0.3) is 6.08 Å². The molecule has 2 aromatic carbocycles. The first-order valence-corrected chi connectivity index (χ1v) is 10.0. The van der Waals surface area contributed by atoms with Crippen LogP contribution in [0.1, 0.15) is 55.6 Å². The summed E-state index contributed by atoms with van der Waals surface area (Å²) in [6, 6.07) is 11.2. The first-order valence-electron chi connectivity index (χ1n) is 10.0. The monoisotopic (exact) mass is 382 g/mol. The zero-order valence-corrected chi connectivity index (χ0v) is 17.3. The van der Waals surface area contributed by atoms with Gasteiger partial charge < -0.3 is 14.2 Å². The Morgan fingerprint density at radius 1 is 0.857 bits per heavy atom. The molecule has 4 nitrogen and oxygen atoms in total. The van der Waals surface area contributed by atoms with Gasteiger partial charge in [0, 0.05) is 17.2 Å². The van der Waals surface area contributed by atoms with Crippen LogP contribution in [0.4, 0.5) is 0 Å². The van der Waals surface area contributed by atoms with Crippen molar-refractivity contribution in [3.8, 4) is 17.2 Å². The fourth-order valence-corrected chi connectivity index (χ4v) is 2.93. The van der Waals surface area contributed by atoms with Crippen molar-refractivity contribution in [2.24, 2.45) is 0 Å². The van der Waals surface area contributed by atoms with Gasteiger partial charge in [0.2, 0.25) is 0 Å². The van der Waals surface area contributed by atoms with E-state index < -0.39 is 0 Å². The van der Waals surface area contributed by atoms with E-state index >= 15 is 0 Å². The Kier molecular flexibility index (Phi) is 8.60. The van der Waals surface area contributed by atoms with E-state index in [1.54, 1.807) is 18.2 Å². The predicted octanol–water partition coefficient (Wildman–Crippen LogP) is 5.73. The molecule has 0 atom stereocenters. The Balaban J connectivity index is 2.28. The molecule has 0 aliphatic carbocycles. The molecular formula is C24H30O4. The number of carbonyl (C=O) groups excluding carboxylic acids is 1. The molecule has 0 aliphatic heterocycles. The highest BCUT2D eigenvalue weighted by Crippen LogP contribution is 2.31. The van der Waals surface area contributed by atoms with E-state index in [0.717, 1.165) is 41.2 Å². The van der Waals surface area contributed by atoms with E-state index in [9.17, 15) is 4.79 Å². The largest absolute Gasteiger partial charge is 0.494 e. The quantitative estimate of drug-likeness (QED) is 0.368. The van der Waals surface area contributed by atoms with E-state index in [-0.39, 0.29) is 5.78 Å². The van der Waals surface area contributed by atoms with E-state index in [0.29, 0.717) is 25.4 Å². The molecule has 150 valence electrons. The van der Waals surface area contributed by atoms with Crippen molar-refractivity contribution in [1.82, 2.24) is 0 Å². The number of hydrogen-bond donors (Lipinski definition) is 0. The highest BCUT2D eigenvalue weighted by molar-refractivity contribution is 6.07. The average molecular weight is 383 g/mol. The first-order chi connectivity index (χ1) is 13.6. The number of benzene rings is 2. The summed E-state index contributed by atoms with van der Waals surface area (Å²) in [5, 5.41) is 0. The number of rotatable bonds is 11. The van der Waals surface area contributed by atoms with Gasteiger partial charge in [0.25, 0.3) is 0 Å². The Morgan fingerprint density at radius 2 is 1.50 bits per heavy atom. The SMILES string of the molecule is CCCc1cc(/C=C/C(=O)c2ccc(OCC)cc2)c(OCC)cc1OCC. The molecule has 0 heterocycles. The van der Waals surface area contributed by atoms with Gasteiger partial charge in [-0.25, -0.2) is 0 Å². The summed E-state index contributed by atoms with van der Waals surface area (Å²) in [6.45, 7) is 9.74. The smallest absolute Gasteiger partial charge is 0.185 e. The van der Waals surface area contributed by atoms with Crippen LogP contribution in [0.3, 0.4) is 0 Å². The van der Waals surface area contributed by atoms with Gasteiger partial charge in [0.05, 0.1) is 19.8 Å². The van der Waals surface area contributed by atoms with Gasteiger partial charge in [-0.1, -0.05) is 13.3 Å². The number of aryl methyl sites for hydroxylation is 1. The van der Waals surface area contributed by atoms with Gasteiger partial charge in [-0.15, -0.1) is 0 Å². The highest BCUT2D eigenvalue weighted by atomic mass is 16.5. The molecule has 0 saturated heterocycles. The van der Waals surface area contributed by atoms with Gasteiger partial charge >= 0.3 is 0 Å². The van der Waals surface area contributed by atoms with Crippen LogP contribution in [0.5, 0.6) is 17.2 Å². The third kappa shape index (κ3) is 5.88. The van der Waals surface area contributed by atoms with E-state index in [1.165, 1.54) is 0 Å². The maximum Gasteiger partial charge on any atom is 0.185 e. The van der Waals surface area contributed by atoms with Crippen molar-refractivity contribution in [1.29, 1.82) is 0 Å². The lowest BCUT2D eigenvalue weighted by atomic mass is 10.0. The van der Waals surface area contributed by atoms with Gasteiger partial charge in [0.1, 0.15) is 17.2 Å². The number of ketones is 1. The Labute approximate surface area is 168 Å². The summed E-state index contributed by atoms with van der Waals surface area (Å²) >= 11 is 0. The maximum atomic E-state index is 12.5. The van der Waals surface area contributed by atoms with Gasteiger partial charge in [-0.05, 0) is 75.2 Å². The van der Waals surface area contributed by atoms with Crippen LogP contribution in [-0.4, -0.2) is 25.6 Å². The van der Waals surface area contributed by atoms with Gasteiger partial charge in [-0.3, -0.25) is 4.79 Å². The van der Waals surface area contributed by atoms with E-state index in [2.05, 4.69) is 13.0 Å². The number of ether oxygens (including phenoxy) is 3. The number of allylic oxidation sites excluding steroid dienone is 1. The van der Waals surface area contributed by atoms with Crippen molar-refractivity contribution < 1.29 is 19.0 Å². The second-order valence-corrected chi connectivity index (χ2v) is 6.27. The lowest BCUT2D eigenvalue weighted by Gasteiger charge is -2.15. The molecule has 0 saturated carbocycles. The molecule has 0 fully saturated rings. The third-order valence-electron chi connectivity index (χ3n) is 4.18. The zero-order valence-electron chi connectivity index (χ0n) is 17.3. The van der Waals surface area contributed by atoms with Crippen LogP contribution in [0.2, 0.25) is 0 Å². The summed E-state index contributed by atoms with van der Waals surface area (Å²) in [6.07, 6.45) is 5.33. The molecule has 0 amide bonds. The molecule has 0 aliphatic rings. The Hall–Kier alpha value is -2.75. The molecule has 0 bridgehead atoms. The van der Waals surface area contributed by atoms with Gasteiger partial charge in [0.15, 0.2) is 5.78 Å². The van der Waals surface area contributed by atoms with Crippen LogP contribution in [0, 0.1) is 0 Å². The minimum absolute atomic E-state index is 0.0589. The molecule has 2 aromatic rings. The molecule has 0 radical (unpaired) electrons. The molecule has 0 N–H and O–H groups in total. The molecule has 0 aromatic heterocycles. The van der Waals surface area contributed by atoms with E-state index in [4.69, 9.17) is 14.2 Å².